The van der Waals surface area contributed by atoms with E-state index in [0.717, 1.165) is 21.7 Å². The lowest BCUT2D eigenvalue weighted by molar-refractivity contribution is -0.116. The van der Waals surface area contributed by atoms with Gasteiger partial charge in [-0.2, -0.15) is 4.98 Å². The molecule has 2 heterocycles. The number of nitrogens with zero attached hydrogens (tertiary/aromatic N) is 2. The second-order valence-corrected chi connectivity index (χ2v) is 7.30. The summed E-state index contributed by atoms with van der Waals surface area (Å²) in [7, 11) is 0. The monoisotopic (exact) mass is 389 g/mol. The first-order chi connectivity index (χ1) is 13.8. The lowest BCUT2D eigenvalue weighted by atomic mass is 10.1. The maximum Gasteiger partial charge on any atom is 0.231 e. The SMILES string of the molecule is O=C(CCc1ccccc1)Nc1ccccc1Cc1nc(-c2cccs2)no1. The number of amides is 1. The lowest BCUT2D eigenvalue weighted by Gasteiger charge is -2.10. The molecule has 0 saturated carbocycles. The molecular formula is C22H19N3O2S. The molecule has 140 valence electrons. The molecule has 28 heavy (non-hydrogen) atoms. The highest BCUT2D eigenvalue weighted by molar-refractivity contribution is 7.13. The van der Waals surface area contributed by atoms with Crippen LogP contribution in [-0.4, -0.2) is 16.0 Å². The minimum atomic E-state index is -0.0129. The average Bonchev–Trinajstić information content (AvgIpc) is 3.41. The molecule has 4 aromatic rings. The van der Waals surface area contributed by atoms with Gasteiger partial charge < -0.3 is 9.84 Å². The van der Waals surface area contributed by atoms with Crippen LogP contribution < -0.4 is 5.32 Å². The number of carbonyl (C=O) groups is 1. The molecule has 0 radical (unpaired) electrons. The van der Waals surface area contributed by atoms with Gasteiger partial charge in [0.15, 0.2) is 0 Å². The van der Waals surface area contributed by atoms with Crippen molar-refractivity contribution in [2.24, 2.45) is 0 Å². The Kier molecular flexibility index (Phi) is 5.58. The Hall–Kier alpha value is -3.25. The fourth-order valence-corrected chi connectivity index (χ4v) is 3.56. The largest absolute Gasteiger partial charge is 0.339 e. The third-order valence-electron chi connectivity index (χ3n) is 4.33. The Bertz CT molecular complexity index is 1040. The molecule has 5 nitrogen and oxygen atoms in total. The summed E-state index contributed by atoms with van der Waals surface area (Å²) in [5.41, 5.74) is 2.87. The van der Waals surface area contributed by atoms with Crippen molar-refractivity contribution in [3.05, 3.63) is 89.1 Å². The molecule has 0 saturated heterocycles. The Morgan fingerprint density at radius 1 is 1.00 bits per heavy atom. The van der Waals surface area contributed by atoms with E-state index in [1.165, 1.54) is 0 Å². The van der Waals surface area contributed by atoms with Gasteiger partial charge in [0.25, 0.3) is 0 Å². The molecule has 1 amide bonds. The van der Waals surface area contributed by atoms with Crippen LogP contribution >= 0.6 is 11.3 Å². The number of benzene rings is 2. The highest BCUT2D eigenvalue weighted by atomic mass is 32.1. The summed E-state index contributed by atoms with van der Waals surface area (Å²) in [6.07, 6.45) is 1.61. The molecule has 1 N–H and O–H groups in total. The Balaban J connectivity index is 1.41. The maximum atomic E-state index is 12.4. The third kappa shape index (κ3) is 4.53. The highest BCUT2D eigenvalue weighted by Gasteiger charge is 2.13. The summed E-state index contributed by atoms with van der Waals surface area (Å²) in [5, 5.41) is 9.03. The lowest BCUT2D eigenvalue weighted by Crippen LogP contribution is -2.13. The molecule has 0 bridgehead atoms. The third-order valence-corrected chi connectivity index (χ3v) is 5.19. The predicted molar refractivity (Wildman–Crippen MR) is 110 cm³/mol. The Morgan fingerprint density at radius 3 is 2.64 bits per heavy atom. The summed E-state index contributed by atoms with van der Waals surface area (Å²) in [6, 6.07) is 21.6. The first kappa shape index (κ1) is 18.1. The van der Waals surface area contributed by atoms with Crippen LogP contribution in [-0.2, 0) is 17.6 Å². The molecule has 0 atom stereocenters. The van der Waals surface area contributed by atoms with Gasteiger partial charge in [-0.3, -0.25) is 4.79 Å². The van der Waals surface area contributed by atoms with Gasteiger partial charge in [-0.05, 0) is 35.1 Å². The molecule has 2 aromatic heterocycles. The Morgan fingerprint density at radius 2 is 1.82 bits per heavy atom. The standard InChI is InChI=1S/C22H19N3O2S/c26-20(13-12-16-7-2-1-3-8-16)23-18-10-5-4-9-17(18)15-21-24-22(25-27-21)19-11-6-14-28-19/h1-11,14H,12-13,15H2,(H,23,26). The van der Waals surface area contributed by atoms with Gasteiger partial charge in [-0.15, -0.1) is 11.3 Å². The van der Waals surface area contributed by atoms with Crippen LogP contribution in [0.3, 0.4) is 0 Å². The normalized spacial score (nSPS) is 10.7. The van der Waals surface area contributed by atoms with Gasteiger partial charge in [0, 0.05) is 12.1 Å². The van der Waals surface area contributed by atoms with Gasteiger partial charge >= 0.3 is 0 Å². The molecular weight excluding hydrogens is 370 g/mol. The second-order valence-electron chi connectivity index (χ2n) is 6.36. The topological polar surface area (TPSA) is 68.0 Å². The van der Waals surface area contributed by atoms with E-state index < -0.39 is 0 Å². The molecule has 0 aliphatic carbocycles. The van der Waals surface area contributed by atoms with Crippen LogP contribution in [0.2, 0.25) is 0 Å². The van der Waals surface area contributed by atoms with E-state index in [9.17, 15) is 4.79 Å². The van der Waals surface area contributed by atoms with Crippen LogP contribution in [0.5, 0.6) is 0 Å². The van der Waals surface area contributed by atoms with Crippen molar-refractivity contribution in [1.29, 1.82) is 0 Å². The van der Waals surface area contributed by atoms with E-state index in [1.54, 1.807) is 11.3 Å². The molecule has 4 rings (SSSR count). The smallest absolute Gasteiger partial charge is 0.231 e. The molecule has 0 spiro atoms. The number of hydrogen-bond acceptors (Lipinski definition) is 5. The van der Waals surface area contributed by atoms with Crippen molar-refractivity contribution in [3.63, 3.8) is 0 Å². The van der Waals surface area contributed by atoms with Crippen molar-refractivity contribution in [2.75, 3.05) is 5.32 Å². The fraction of sp³-hybridized carbons (Fsp3) is 0.136. The fourth-order valence-electron chi connectivity index (χ4n) is 2.91. The Labute approximate surface area is 167 Å². The number of para-hydroxylation sites is 1. The number of hydrogen-bond donors (Lipinski definition) is 1. The molecule has 0 aliphatic heterocycles. The van der Waals surface area contributed by atoms with E-state index in [-0.39, 0.29) is 5.91 Å². The van der Waals surface area contributed by atoms with Crippen LogP contribution in [0.4, 0.5) is 5.69 Å². The van der Waals surface area contributed by atoms with Crippen molar-refractivity contribution in [1.82, 2.24) is 10.1 Å². The first-order valence-electron chi connectivity index (χ1n) is 9.06. The van der Waals surface area contributed by atoms with E-state index >= 15 is 0 Å². The van der Waals surface area contributed by atoms with E-state index in [4.69, 9.17) is 4.52 Å². The molecule has 0 unspecified atom stereocenters. The first-order valence-corrected chi connectivity index (χ1v) is 9.94. The van der Waals surface area contributed by atoms with Gasteiger partial charge in [0.1, 0.15) is 0 Å². The number of nitrogens with one attached hydrogen (secondary N) is 1. The molecule has 0 aliphatic rings. The summed E-state index contributed by atoms with van der Waals surface area (Å²) in [5.74, 6) is 1.10. The summed E-state index contributed by atoms with van der Waals surface area (Å²) < 4.78 is 5.39. The zero-order valence-electron chi connectivity index (χ0n) is 15.2. The molecule has 0 fully saturated rings. The van der Waals surface area contributed by atoms with Gasteiger partial charge in [-0.1, -0.05) is 59.8 Å². The van der Waals surface area contributed by atoms with Crippen molar-refractivity contribution in [3.8, 4) is 10.7 Å². The van der Waals surface area contributed by atoms with Crippen LogP contribution in [0, 0.1) is 0 Å². The minimum Gasteiger partial charge on any atom is -0.339 e. The quantitative estimate of drug-likeness (QED) is 0.485. The van der Waals surface area contributed by atoms with E-state index in [2.05, 4.69) is 15.5 Å². The highest BCUT2D eigenvalue weighted by Crippen LogP contribution is 2.24. The number of thiophene rings is 1. The van der Waals surface area contributed by atoms with Crippen molar-refractivity contribution < 1.29 is 9.32 Å². The van der Waals surface area contributed by atoms with Gasteiger partial charge in [0.05, 0.1) is 11.3 Å². The van der Waals surface area contributed by atoms with Crippen LogP contribution in [0.15, 0.2) is 76.6 Å². The number of carbonyl (C=O) groups excluding carboxylic acids is 1. The average molecular weight is 389 g/mol. The van der Waals surface area contributed by atoms with Crippen molar-refractivity contribution in [2.45, 2.75) is 19.3 Å². The van der Waals surface area contributed by atoms with Crippen molar-refractivity contribution >= 4 is 22.9 Å². The zero-order chi connectivity index (χ0) is 19.2. The minimum absolute atomic E-state index is 0.0129. The molecule has 6 heteroatoms. The summed E-state index contributed by atoms with van der Waals surface area (Å²) in [6.45, 7) is 0. The van der Waals surface area contributed by atoms with E-state index in [0.29, 0.717) is 31.0 Å². The van der Waals surface area contributed by atoms with Crippen LogP contribution in [0.25, 0.3) is 10.7 Å². The second kappa shape index (κ2) is 8.63. The number of aryl methyl sites for hydroxylation is 1. The van der Waals surface area contributed by atoms with E-state index in [1.807, 2.05) is 72.1 Å². The van der Waals surface area contributed by atoms with Gasteiger partial charge in [0.2, 0.25) is 17.6 Å². The number of rotatable bonds is 7. The number of aromatic nitrogens is 2. The van der Waals surface area contributed by atoms with Crippen LogP contribution in [0.1, 0.15) is 23.4 Å². The number of anilines is 1. The summed E-state index contributed by atoms with van der Waals surface area (Å²) >= 11 is 1.57. The van der Waals surface area contributed by atoms with Gasteiger partial charge in [-0.25, -0.2) is 0 Å². The maximum absolute atomic E-state index is 12.4. The molecule has 2 aromatic carbocycles. The predicted octanol–water partition coefficient (Wildman–Crippen LogP) is 4.96. The zero-order valence-corrected chi connectivity index (χ0v) is 16.0. The summed E-state index contributed by atoms with van der Waals surface area (Å²) in [4.78, 5) is 17.8.